The van der Waals surface area contributed by atoms with Crippen LogP contribution in [-0.4, -0.2) is 90.4 Å². The highest BCUT2D eigenvalue weighted by molar-refractivity contribution is 8.00. The number of nitrogens with one attached hydrogen (secondary N) is 3. The van der Waals surface area contributed by atoms with Crippen molar-refractivity contribution in [1.82, 2.24) is 20.9 Å². The van der Waals surface area contributed by atoms with Crippen LogP contribution < -0.4 is 16.0 Å². The van der Waals surface area contributed by atoms with Gasteiger partial charge < -0.3 is 30.2 Å². The SMILES string of the molecule is COC(=O)CNC(=O)C1(NC(=O)[C@@H](CSC(c2ccccc2)(c2ccccc2)c2ccccc2)NC(=O)[C@@H](CCC(=O)OC(C)(C)C)N(C(=O)OC)C2c3ccccc3-c3ccccc32)CC1. The average Bonchev–Trinajstić information content (AvgIpc) is 4.05. The molecule has 67 heavy (non-hydrogen) atoms. The normalized spacial score (nSPS) is 14.5. The van der Waals surface area contributed by atoms with Gasteiger partial charge in [0.15, 0.2) is 0 Å². The highest BCUT2D eigenvalue weighted by atomic mass is 32.2. The number of thioether (sulfide) groups is 1. The Morgan fingerprint density at radius 2 is 1.16 bits per heavy atom. The maximum atomic E-state index is 15.4. The van der Waals surface area contributed by atoms with Crippen LogP contribution in [0.25, 0.3) is 11.1 Å². The zero-order valence-corrected chi connectivity index (χ0v) is 39.1. The summed E-state index contributed by atoms with van der Waals surface area (Å²) >= 11 is 1.42. The molecular weight excluding hydrogens is 869 g/mol. The number of carbonyl (C=O) groups excluding carboxylic acids is 6. The number of benzene rings is 5. The second-order valence-corrected chi connectivity index (χ2v) is 18.8. The Kier molecular flexibility index (Phi) is 14.8. The van der Waals surface area contributed by atoms with Crippen LogP contribution in [0.5, 0.6) is 0 Å². The van der Waals surface area contributed by atoms with Gasteiger partial charge in [0.25, 0.3) is 0 Å². The van der Waals surface area contributed by atoms with E-state index in [1.54, 1.807) is 20.8 Å². The number of amides is 4. The quantitative estimate of drug-likeness (QED) is 0.0456. The van der Waals surface area contributed by atoms with Gasteiger partial charge in [0.1, 0.15) is 29.8 Å². The summed E-state index contributed by atoms with van der Waals surface area (Å²) in [7, 11) is 2.44. The molecule has 4 amide bonds. The molecule has 0 aromatic heterocycles. The van der Waals surface area contributed by atoms with Gasteiger partial charge in [-0.15, -0.1) is 11.8 Å². The average molecular weight is 925 g/mol. The lowest BCUT2D eigenvalue weighted by molar-refractivity contribution is -0.155. The van der Waals surface area contributed by atoms with Crippen LogP contribution >= 0.6 is 11.8 Å². The minimum absolute atomic E-state index is 0.0395. The number of methoxy groups -OCH3 is 2. The van der Waals surface area contributed by atoms with Crippen LogP contribution in [0.2, 0.25) is 0 Å². The summed E-state index contributed by atoms with van der Waals surface area (Å²) in [5.41, 5.74) is 3.80. The first kappa shape index (κ1) is 48.0. The van der Waals surface area contributed by atoms with Crippen molar-refractivity contribution in [2.45, 2.75) is 80.5 Å². The molecule has 2 aliphatic rings. The van der Waals surface area contributed by atoms with Gasteiger partial charge in [-0.2, -0.15) is 0 Å². The molecule has 2 aliphatic carbocycles. The minimum atomic E-state index is -1.38. The third kappa shape index (κ3) is 10.7. The van der Waals surface area contributed by atoms with Crippen LogP contribution in [0.4, 0.5) is 4.79 Å². The molecule has 5 aromatic rings. The molecule has 0 radical (unpaired) electrons. The smallest absolute Gasteiger partial charge is 0.410 e. The first-order chi connectivity index (χ1) is 32.2. The lowest BCUT2D eigenvalue weighted by atomic mass is 9.84. The van der Waals surface area contributed by atoms with Crippen molar-refractivity contribution in [3.05, 3.63) is 167 Å². The molecule has 1 fully saturated rings. The van der Waals surface area contributed by atoms with E-state index in [1.807, 2.05) is 140 Å². The predicted molar refractivity (Wildman–Crippen MR) is 256 cm³/mol. The Bertz CT molecular complexity index is 2440. The van der Waals surface area contributed by atoms with Crippen molar-refractivity contribution in [2.24, 2.45) is 0 Å². The van der Waals surface area contributed by atoms with Crippen LogP contribution in [0.3, 0.4) is 0 Å². The van der Waals surface area contributed by atoms with E-state index in [4.69, 9.17) is 14.2 Å². The van der Waals surface area contributed by atoms with E-state index < -0.39 is 76.3 Å². The first-order valence-electron chi connectivity index (χ1n) is 22.3. The zero-order chi connectivity index (χ0) is 47.8. The Hall–Kier alpha value is -6.93. The summed E-state index contributed by atoms with van der Waals surface area (Å²) < 4.78 is 14.9. The van der Waals surface area contributed by atoms with Crippen LogP contribution in [0.15, 0.2) is 140 Å². The maximum Gasteiger partial charge on any atom is 0.410 e. The fraction of sp³-hybridized carbons (Fsp3) is 0.321. The molecule has 0 unspecified atom stereocenters. The molecule has 7 rings (SSSR count). The summed E-state index contributed by atoms with van der Waals surface area (Å²) in [4.78, 5) is 85.1. The number of nitrogens with zero attached hydrogens (tertiary/aromatic N) is 1. The third-order valence-corrected chi connectivity index (χ3v) is 13.6. The van der Waals surface area contributed by atoms with Gasteiger partial charge in [0, 0.05) is 12.2 Å². The van der Waals surface area contributed by atoms with Crippen molar-refractivity contribution < 1.29 is 43.0 Å². The van der Waals surface area contributed by atoms with E-state index in [1.165, 1.54) is 30.9 Å². The van der Waals surface area contributed by atoms with Gasteiger partial charge in [-0.1, -0.05) is 140 Å². The second kappa shape index (κ2) is 20.7. The molecule has 1 saturated carbocycles. The zero-order valence-electron chi connectivity index (χ0n) is 38.3. The highest BCUT2D eigenvalue weighted by Crippen LogP contribution is 2.50. The Labute approximate surface area is 395 Å². The number of rotatable bonds is 18. The molecule has 14 heteroatoms. The molecule has 348 valence electrons. The number of hydrogen-bond acceptors (Lipinski definition) is 10. The molecule has 0 heterocycles. The fourth-order valence-corrected chi connectivity index (χ4v) is 10.2. The summed E-state index contributed by atoms with van der Waals surface area (Å²) in [6, 6.07) is 41.2. The lowest BCUT2D eigenvalue weighted by Gasteiger charge is -2.38. The molecule has 2 atom stereocenters. The molecule has 0 spiro atoms. The topological polar surface area (TPSA) is 169 Å². The van der Waals surface area contributed by atoms with Crippen molar-refractivity contribution in [2.75, 3.05) is 26.5 Å². The molecule has 0 saturated heterocycles. The molecule has 3 N–H and O–H groups in total. The summed E-state index contributed by atoms with van der Waals surface area (Å²) in [6.07, 6.45) is -0.702. The monoisotopic (exact) mass is 924 g/mol. The van der Waals surface area contributed by atoms with E-state index in [-0.39, 0.29) is 31.4 Å². The van der Waals surface area contributed by atoms with Gasteiger partial charge in [0.05, 0.1) is 25.0 Å². The largest absolute Gasteiger partial charge is 0.468 e. The summed E-state index contributed by atoms with van der Waals surface area (Å²) in [5.74, 6) is -3.25. The van der Waals surface area contributed by atoms with Gasteiger partial charge in [-0.25, -0.2) is 4.79 Å². The molecule has 0 bridgehead atoms. The Balaban J connectivity index is 1.31. The van der Waals surface area contributed by atoms with Crippen molar-refractivity contribution in [3.63, 3.8) is 0 Å². The van der Waals surface area contributed by atoms with E-state index in [0.29, 0.717) is 0 Å². The third-order valence-electron chi connectivity index (χ3n) is 12.0. The highest BCUT2D eigenvalue weighted by Gasteiger charge is 2.52. The van der Waals surface area contributed by atoms with Gasteiger partial charge in [0.2, 0.25) is 17.7 Å². The van der Waals surface area contributed by atoms with E-state index in [9.17, 15) is 24.0 Å². The van der Waals surface area contributed by atoms with Crippen molar-refractivity contribution >= 4 is 47.5 Å². The van der Waals surface area contributed by atoms with Gasteiger partial charge >= 0.3 is 18.0 Å². The summed E-state index contributed by atoms with van der Waals surface area (Å²) in [5, 5.41) is 8.50. The molecule has 5 aromatic carbocycles. The minimum Gasteiger partial charge on any atom is -0.468 e. The van der Waals surface area contributed by atoms with Gasteiger partial charge in [-0.3, -0.25) is 28.9 Å². The number of hydrogen-bond donors (Lipinski definition) is 3. The Morgan fingerprint density at radius 1 is 0.672 bits per heavy atom. The fourth-order valence-electron chi connectivity index (χ4n) is 8.67. The lowest BCUT2D eigenvalue weighted by Crippen LogP contribution is -2.59. The standard InChI is InChI=1S/C53H56N4O9S/c1-51(2,3)66-44(58)30-29-43(57(50(63)65-5)46-40-27-17-15-25-38(40)39-26-16-18-28-41(39)46)48(61)55-42(47(60)56-52(31-32-52)49(62)54-33-45(59)64-4)34-67-53(35-19-9-6-10-20-35,36-21-11-7-12-22-36)37-23-13-8-14-24-37/h6-28,42-43,46H,29-34H2,1-5H3,(H,54,62)(H,55,61)(H,56,60)/t42-,43-/m1/s1. The van der Waals surface area contributed by atoms with E-state index in [0.717, 1.165) is 38.9 Å². The predicted octanol–water partition coefficient (Wildman–Crippen LogP) is 7.46. The molecule has 13 nitrogen and oxygen atoms in total. The number of esters is 2. The van der Waals surface area contributed by atoms with E-state index in [2.05, 4.69) is 16.0 Å². The van der Waals surface area contributed by atoms with Crippen LogP contribution in [-0.2, 0) is 42.9 Å². The van der Waals surface area contributed by atoms with Crippen molar-refractivity contribution in [3.8, 4) is 11.1 Å². The molecular formula is C53H56N4O9S. The maximum absolute atomic E-state index is 15.4. The van der Waals surface area contributed by atoms with Crippen LogP contribution in [0.1, 0.15) is 80.3 Å². The van der Waals surface area contributed by atoms with Crippen LogP contribution in [0, 0.1) is 0 Å². The van der Waals surface area contributed by atoms with Crippen molar-refractivity contribution in [1.29, 1.82) is 0 Å². The Morgan fingerprint density at radius 3 is 1.63 bits per heavy atom. The summed E-state index contributed by atoms with van der Waals surface area (Å²) in [6.45, 7) is 4.83. The van der Waals surface area contributed by atoms with Gasteiger partial charge in [-0.05, 0) is 79.0 Å². The number of ether oxygens (including phenoxy) is 3. The number of fused-ring (bicyclic) bond motifs is 3. The second-order valence-electron chi connectivity index (χ2n) is 17.6. The van der Waals surface area contributed by atoms with E-state index >= 15 is 4.79 Å². The first-order valence-corrected chi connectivity index (χ1v) is 23.2. The number of carbonyl (C=O) groups is 6. The molecule has 0 aliphatic heterocycles.